The Morgan fingerprint density at radius 2 is 2.08 bits per heavy atom. The Balaban J connectivity index is 1.91. The first-order chi connectivity index (χ1) is 11.6. The van der Waals surface area contributed by atoms with Crippen LogP contribution >= 0.6 is 23.4 Å². The van der Waals surface area contributed by atoms with Gasteiger partial charge < -0.3 is 0 Å². The maximum atomic E-state index is 12.8. The van der Waals surface area contributed by atoms with Gasteiger partial charge in [0.05, 0.1) is 17.3 Å². The van der Waals surface area contributed by atoms with Gasteiger partial charge in [-0.25, -0.2) is 4.99 Å². The van der Waals surface area contributed by atoms with Gasteiger partial charge >= 0.3 is 0 Å². The van der Waals surface area contributed by atoms with Gasteiger partial charge in [0, 0.05) is 22.4 Å². The molecule has 1 heterocycles. The van der Waals surface area contributed by atoms with Gasteiger partial charge in [0.15, 0.2) is 5.17 Å². The first kappa shape index (κ1) is 16.6. The minimum Gasteiger partial charge on any atom is -0.286 e. The van der Waals surface area contributed by atoms with Gasteiger partial charge in [-0.05, 0) is 42.5 Å². The molecule has 4 nitrogen and oxygen atoms in total. The van der Waals surface area contributed by atoms with Gasteiger partial charge in [0.1, 0.15) is 0 Å². The monoisotopic (exact) mass is 355 g/mol. The fourth-order valence-corrected chi connectivity index (χ4v) is 3.53. The van der Waals surface area contributed by atoms with Crippen LogP contribution in [0.4, 0.5) is 5.69 Å². The zero-order valence-electron chi connectivity index (χ0n) is 12.9. The molecular weight excluding hydrogens is 342 g/mol. The summed E-state index contributed by atoms with van der Waals surface area (Å²) < 4.78 is 0. The van der Waals surface area contributed by atoms with Crippen LogP contribution in [0.15, 0.2) is 53.5 Å². The Kier molecular flexibility index (Phi) is 4.89. The topological polar surface area (TPSA) is 56.5 Å². The smallest absolute Gasteiger partial charge is 0.259 e. The molecule has 1 amide bonds. The molecule has 6 heteroatoms. The second-order valence-corrected chi connectivity index (χ2v) is 7.25. The first-order valence-electron chi connectivity index (χ1n) is 7.40. The number of carbonyl (C=O) groups is 1. The summed E-state index contributed by atoms with van der Waals surface area (Å²) >= 11 is 7.46. The summed E-state index contributed by atoms with van der Waals surface area (Å²) in [5.74, 6) is -0.142. The van der Waals surface area contributed by atoms with Crippen molar-refractivity contribution in [3.8, 4) is 6.07 Å². The third-order valence-corrected chi connectivity index (χ3v) is 4.84. The molecule has 2 aromatic rings. The fourth-order valence-electron chi connectivity index (χ4n) is 2.38. The van der Waals surface area contributed by atoms with Crippen molar-refractivity contribution in [2.45, 2.75) is 12.2 Å². The number of rotatable bonds is 2. The molecule has 0 aliphatic carbocycles. The Morgan fingerprint density at radius 1 is 1.33 bits per heavy atom. The van der Waals surface area contributed by atoms with Crippen molar-refractivity contribution in [1.29, 1.82) is 5.26 Å². The number of thioether (sulfide) groups is 1. The van der Waals surface area contributed by atoms with E-state index in [0.29, 0.717) is 27.9 Å². The summed E-state index contributed by atoms with van der Waals surface area (Å²) in [5.41, 5.74) is 1.71. The standard InChI is InChI=1S/C18H14ClN3OS/c1-12-11-22(17(23)14-4-2-3-13(9-14)10-20)18(24-12)21-16-7-5-15(19)6-8-16/h2-9,12H,11H2,1H3. The molecule has 24 heavy (non-hydrogen) atoms. The molecular formula is C18H14ClN3OS. The third kappa shape index (κ3) is 3.61. The molecule has 1 aliphatic heterocycles. The van der Waals surface area contributed by atoms with Gasteiger partial charge in [0.25, 0.3) is 5.91 Å². The lowest BCUT2D eigenvalue weighted by atomic mass is 10.1. The summed E-state index contributed by atoms with van der Waals surface area (Å²) in [4.78, 5) is 19.1. The van der Waals surface area contributed by atoms with Crippen LogP contribution in [0.5, 0.6) is 0 Å². The first-order valence-corrected chi connectivity index (χ1v) is 8.65. The van der Waals surface area contributed by atoms with E-state index in [9.17, 15) is 4.79 Å². The number of aliphatic imine (C=N–C) groups is 1. The second-order valence-electron chi connectivity index (χ2n) is 5.41. The van der Waals surface area contributed by atoms with E-state index < -0.39 is 0 Å². The number of hydrogen-bond acceptors (Lipinski definition) is 4. The number of amides is 1. The summed E-state index contributed by atoms with van der Waals surface area (Å²) in [6, 6.07) is 16.0. The van der Waals surface area contributed by atoms with Crippen LogP contribution in [0, 0.1) is 11.3 Å². The Hall–Kier alpha value is -2.29. The predicted octanol–water partition coefficient (Wildman–Crippen LogP) is 4.48. The molecule has 1 aliphatic rings. The van der Waals surface area contributed by atoms with Crippen molar-refractivity contribution in [3.63, 3.8) is 0 Å². The zero-order chi connectivity index (χ0) is 17.1. The highest BCUT2D eigenvalue weighted by atomic mass is 35.5. The predicted molar refractivity (Wildman–Crippen MR) is 97.8 cm³/mol. The number of nitrogens with zero attached hydrogens (tertiary/aromatic N) is 3. The quantitative estimate of drug-likeness (QED) is 0.798. The average molecular weight is 356 g/mol. The number of halogens is 1. The van der Waals surface area contributed by atoms with E-state index in [2.05, 4.69) is 18.0 Å². The zero-order valence-corrected chi connectivity index (χ0v) is 14.5. The van der Waals surface area contributed by atoms with Gasteiger partial charge in [-0.3, -0.25) is 9.69 Å². The van der Waals surface area contributed by atoms with Gasteiger partial charge in [-0.1, -0.05) is 36.4 Å². The molecule has 0 bridgehead atoms. The number of hydrogen-bond donors (Lipinski definition) is 0. The molecule has 0 radical (unpaired) electrons. The summed E-state index contributed by atoms with van der Waals surface area (Å²) in [5, 5.41) is 10.6. The molecule has 1 atom stereocenters. The molecule has 0 aromatic heterocycles. The van der Waals surface area contributed by atoms with Crippen LogP contribution in [0.3, 0.4) is 0 Å². The maximum absolute atomic E-state index is 12.8. The van der Waals surface area contributed by atoms with Crippen LogP contribution in [-0.4, -0.2) is 27.8 Å². The highest BCUT2D eigenvalue weighted by molar-refractivity contribution is 8.14. The SMILES string of the molecule is CC1CN(C(=O)c2cccc(C#N)c2)C(=Nc2ccc(Cl)cc2)S1. The van der Waals surface area contributed by atoms with Crippen LogP contribution in [0.2, 0.25) is 5.02 Å². The molecule has 0 spiro atoms. The summed E-state index contributed by atoms with van der Waals surface area (Å²) in [6.07, 6.45) is 0. The van der Waals surface area contributed by atoms with Crippen molar-refractivity contribution in [1.82, 2.24) is 4.90 Å². The lowest BCUT2D eigenvalue weighted by molar-refractivity contribution is 0.0855. The van der Waals surface area contributed by atoms with Crippen LogP contribution in [0.25, 0.3) is 0 Å². The highest BCUT2D eigenvalue weighted by Crippen LogP contribution is 2.30. The van der Waals surface area contributed by atoms with E-state index in [1.807, 2.05) is 12.1 Å². The average Bonchev–Trinajstić information content (AvgIpc) is 2.96. The molecule has 1 saturated heterocycles. The van der Waals surface area contributed by atoms with Crippen molar-refractivity contribution in [2.75, 3.05) is 6.54 Å². The van der Waals surface area contributed by atoms with Crippen molar-refractivity contribution in [2.24, 2.45) is 4.99 Å². The lowest BCUT2D eigenvalue weighted by Gasteiger charge is -2.16. The van der Waals surface area contributed by atoms with E-state index in [1.54, 1.807) is 53.1 Å². The van der Waals surface area contributed by atoms with Crippen LogP contribution in [0.1, 0.15) is 22.8 Å². The fraction of sp³-hybridized carbons (Fsp3) is 0.167. The lowest BCUT2D eigenvalue weighted by Crippen LogP contribution is -2.32. The van der Waals surface area contributed by atoms with E-state index in [1.165, 1.54) is 0 Å². The molecule has 1 fully saturated rings. The number of benzene rings is 2. The summed E-state index contributed by atoms with van der Waals surface area (Å²) in [7, 11) is 0. The second kappa shape index (κ2) is 7.08. The van der Waals surface area contributed by atoms with Crippen LogP contribution in [-0.2, 0) is 0 Å². The molecule has 3 rings (SSSR count). The van der Waals surface area contributed by atoms with Gasteiger partial charge in [-0.15, -0.1) is 0 Å². The van der Waals surface area contributed by atoms with Crippen LogP contribution < -0.4 is 0 Å². The maximum Gasteiger partial charge on any atom is 0.259 e. The molecule has 120 valence electrons. The van der Waals surface area contributed by atoms with Gasteiger partial charge in [-0.2, -0.15) is 5.26 Å². The highest BCUT2D eigenvalue weighted by Gasteiger charge is 2.31. The Bertz CT molecular complexity index is 842. The van der Waals surface area contributed by atoms with E-state index >= 15 is 0 Å². The molecule has 2 aromatic carbocycles. The number of carbonyl (C=O) groups excluding carboxylic acids is 1. The number of amidine groups is 1. The summed E-state index contributed by atoms with van der Waals surface area (Å²) in [6.45, 7) is 2.65. The number of nitriles is 1. The van der Waals surface area contributed by atoms with Gasteiger partial charge in [0.2, 0.25) is 0 Å². The van der Waals surface area contributed by atoms with Crippen molar-refractivity contribution < 1.29 is 4.79 Å². The third-order valence-electron chi connectivity index (χ3n) is 3.51. The van der Waals surface area contributed by atoms with Crippen molar-refractivity contribution >= 4 is 40.1 Å². The largest absolute Gasteiger partial charge is 0.286 e. The Labute approximate surface area is 149 Å². The normalized spacial score (nSPS) is 18.6. The Morgan fingerprint density at radius 3 is 2.79 bits per heavy atom. The minimum atomic E-state index is -0.142. The van der Waals surface area contributed by atoms with E-state index in [0.717, 1.165) is 5.69 Å². The van der Waals surface area contributed by atoms with E-state index in [4.69, 9.17) is 16.9 Å². The van der Waals surface area contributed by atoms with Crippen molar-refractivity contribution in [3.05, 3.63) is 64.7 Å². The minimum absolute atomic E-state index is 0.142. The molecule has 0 saturated carbocycles. The van der Waals surface area contributed by atoms with E-state index in [-0.39, 0.29) is 11.2 Å². The molecule has 1 unspecified atom stereocenters. The molecule has 0 N–H and O–H groups in total.